The van der Waals surface area contributed by atoms with E-state index in [1.807, 2.05) is 31.2 Å². The Morgan fingerprint density at radius 3 is 2.70 bits per heavy atom. The Morgan fingerprint density at radius 2 is 2.00 bits per heavy atom. The number of esters is 1. The van der Waals surface area contributed by atoms with E-state index in [2.05, 4.69) is 4.98 Å². The number of aromatic nitrogens is 1. The molecule has 4 heteroatoms. The summed E-state index contributed by atoms with van der Waals surface area (Å²) in [5.74, 6) is -0.705. The van der Waals surface area contributed by atoms with Crippen molar-refractivity contribution in [1.29, 1.82) is 0 Å². The minimum atomic E-state index is -0.809. The number of ketones is 1. The highest BCUT2D eigenvalue weighted by atomic mass is 16.5. The van der Waals surface area contributed by atoms with Crippen molar-refractivity contribution in [3.63, 3.8) is 0 Å². The first kappa shape index (κ1) is 14.1. The van der Waals surface area contributed by atoms with Gasteiger partial charge in [-0.25, -0.2) is 4.79 Å². The van der Waals surface area contributed by atoms with E-state index >= 15 is 0 Å². The molecule has 0 fully saturated rings. The summed E-state index contributed by atoms with van der Waals surface area (Å²) >= 11 is 0. The molecule has 1 aromatic carbocycles. The van der Waals surface area contributed by atoms with Gasteiger partial charge in [-0.1, -0.05) is 24.3 Å². The third kappa shape index (κ3) is 2.64. The number of benzene rings is 1. The number of hydrogen-bond donors (Lipinski definition) is 1. The number of nitrogens with one attached hydrogen (secondary N) is 1. The van der Waals surface area contributed by atoms with Crippen LogP contribution in [-0.4, -0.2) is 22.8 Å². The average Bonchev–Trinajstić information content (AvgIpc) is 2.73. The molecule has 0 aliphatic carbocycles. The van der Waals surface area contributed by atoms with E-state index in [1.165, 1.54) is 6.08 Å². The summed E-state index contributed by atoms with van der Waals surface area (Å²) in [7, 11) is 0. The average molecular weight is 271 g/mol. The van der Waals surface area contributed by atoms with Crippen molar-refractivity contribution in [1.82, 2.24) is 4.98 Å². The Labute approximate surface area is 117 Å². The molecule has 1 aromatic heterocycles. The summed E-state index contributed by atoms with van der Waals surface area (Å²) in [5.41, 5.74) is 2.27. The Kier molecular flexibility index (Phi) is 4.03. The molecular formula is C16H17NO3. The number of carbonyl (C=O) groups excluding carboxylic acids is 2. The van der Waals surface area contributed by atoms with E-state index in [0.29, 0.717) is 5.56 Å². The van der Waals surface area contributed by atoms with Gasteiger partial charge in [0.15, 0.2) is 6.10 Å². The monoisotopic (exact) mass is 271 g/mol. The minimum absolute atomic E-state index is 0.196. The largest absolute Gasteiger partial charge is 0.451 e. The number of rotatable bonds is 4. The predicted octanol–water partition coefficient (Wildman–Crippen LogP) is 3.17. The van der Waals surface area contributed by atoms with Gasteiger partial charge in [0, 0.05) is 28.2 Å². The fourth-order valence-electron chi connectivity index (χ4n) is 2.20. The maximum absolute atomic E-state index is 12.5. The lowest BCUT2D eigenvalue weighted by Crippen LogP contribution is -2.24. The van der Waals surface area contributed by atoms with Gasteiger partial charge in [0.1, 0.15) is 0 Å². The molecule has 1 atom stereocenters. The number of aryl methyl sites for hydroxylation is 1. The zero-order valence-electron chi connectivity index (χ0n) is 11.8. The van der Waals surface area contributed by atoms with Crippen molar-refractivity contribution in [2.45, 2.75) is 26.9 Å². The molecule has 0 bridgehead atoms. The number of hydrogen-bond acceptors (Lipinski definition) is 3. The Hall–Kier alpha value is -2.36. The van der Waals surface area contributed by atoms with Gasteiger partial charge in [-0.2, -0.15) is 0 Å². The Balaban J connectivity index is 2.31. The third-order valence-electron chi connectivity index (χ3n) is 3.10. The molecule has 0 aliphatic heterocycles. The molecule has 0 spiro atoms. The molecule has 2 rings (SSSR count). The second kappa shape index (κ2) is 5.74. The van der Waals surface area contributed by atoms with Gasteiger partial charge in [-0.15, -0.1) is 0 Å². The predicted molar refractivity (Wildman–Crippen MR) is 77.7 cm³/mol. The molecule has 4 nitrogen and oxygen atoms in total. The number of fused-ring (bicyclic) bond motifs is 1. The normalized spacial score (nSPS) is 12.8. The molecule has 0 amide bonds. The summed E-state index contributed by atoms with van der Waals surface area (Å²) in [6.45, 7) is 5.15. The van der Waals surface area contributed by atoms with Crippen LogP contribution in [0, 0.1) is 6.92 Å². The topological polar surface area (TPSA) is 59.2 Å². The van der Waals surface area contributed by atoms with Gasteiger partial charge < -0.3 is 9.72 Å². The molecule has 2 aromatic rings. The van der Waals surface area contributed by atoms with Gasteiger partial charge >= 0.3 is 5.97 Å². The van der Waals surface area contributed by atoms with Gasteiger partial charge in [-0.05, 0) is 26.8 Å². The van der Waals surface area contributed by atoms with Gasteiger partial charge in [0.05, 0.1) is 0 Å². The lowest BCUT2D eigenvalue weighted by Gasteiger charge is -2.11. The van der Waals surface area contributed by atoms with Crippen LogP contribution in [0.2, 0.25) is 0 Å². The molecule has 0 aliphatic rings. The zero-order valence-corrected chi connectivity index (χ0v) is 11.8. The lowest BCUT2D eigenvalue weighted by atomic mass is 10.0. The van der Waals surface area contributed by atoms with Crippen LogP contribution >= 0.6 is 0 Å². The van der Waals surface area contributed by atoms with Crippen LogP contribution in [0.3, 0.4) is 0 Å². The molecule has 0 radical (unpaired) electrons. The quantitative estimate of drug-likeness (QED) is 0.528. The van der Waals surface area contributed by atoms with Crippen molar-refractivity contribution in [3.05, 3.63) is 47.7 Å². The highest BCUT2D eigenvalue weighted by Gasteiger charge is 2.23. The first-order valence-corrected chi connectivity index (χ1v) is 6.49. The lowest BCUT2D eigenvalue weighted by molar-refractivity contribution is -0.140. The molecule has 0 saturated heterocycles. The minimum Gasteiger partial charge on any atom is -0.451 e. The van der Waals surface area contributed by atoms with Crippen LogP contribution in [0.1, 0.15) is 29.9 Å². The van der Waals surface area contributed by atoms with Crippen LogP contribution in [0.4, 0.5) is 0 Å². The van der Waals surface area contributed by atoms with Gasteiger partial charge in [0.25, 0.3) is 0 Å². The highest BCUT2D eigenvalue weighted by molar-refractivity contribution is 6.11. The van der Waals surface area contributed by atoms with Crippen molar-refractivity contribution >= 4 is 22.7 Å². The van der Waals surface area contributed by atoms with E-state index in [0.717, 1.165) is 16.6 Å². The number of Topliss-reactive ketones (excluding diaryl/α,β-unsaturated/α-hetero) is 1. The molecule has 20 heavy (non-hydrogen) atoms. The second-order valence-corrected chi connectivity index (χ2v) is 4.61. The molecule has 0 unspecified atom stereocenters. The third-order valence-corrected chi connectivity index (χ3v) is 3.10. The summed E-state index contributed by atoms with van der Waals surface area (Å²) < 4.78 is 5.09. The SMILES string of the molecule is C/C=C/C(=O)O[C@@H](C)C(=O)c1c(C)[nH]c2ccccc12. The first-order valence-electron chi connectivity index (χ1n) is 6.49. The van der Waals surface area contributed by atoms with E-state index in [1.54, 1.807) is 19.9 Å². The number of allylic oxidation sites excluding steroid dienone is 1. The highest BCUT2D eigenvalue weighted by Crippen LogP contribution is 2.23. The Bertz CT molecular complexity index is 682. The van der Waals surface area contributed by atoms with Crippen molar-refractivity contribution in [2.24, 2.45) is 0 Å². The van der Waals surface area contributed by atoms with E-state index < -0.39 is 12.1 Å². The fourth-order valence-corrected chi connectivity index (χ4v) is 2.20. The van der Waals surface area contributed by atoms with Gasteiger partial charge in [-0.3, -0.25) is 4.79 Å². The summed E-state index contributed by atoms with van der Waals surface area (Å²) in [5, 5.41) is 0.851. The van der Waals surface area contributed by atoms with Crippen LogP contribution in [0.25, 0.3) is 10.9 Å². The molecule has 0 saturated carbocycles. The summed E-state index contributed by atoms with van der Waals surface area (Å²) in [6.07, 6.45) is 2.07. The number of para-hydroxylation sites is 1. The van der Waals surface area contributed by atoms with E-state index in [-0.39, 0.29) is 5.78 Å². The zero-order chi connectivity index (χ0) is 14.7. The van der Waals surface area contributed by atoms with Crippen LogP contribution in [0.15, 0.2) is 36.4 Å². The summed E-state index contributed by atoms with van der Waals surface area (Å²) in [6, 6.07) is 7.58. The molecule has 104 valence electrons. The van der Waals surface area contributed by atoms with Crippen LogP contribution < -0.4 is 0 Å². The number of aromatic amines is 1. The van der Waals surface area contributed by atoms with E-state index in [9.17, 15) is 9.59 Å². The van der Waals surface area contributed by atoms with Crippen LogP contribution in [0.5, 0.6) is 0 Å². The van der Waals surface area contributed by atoms with Crippen LogP contribution in [-0.2, 0) is 9.53 Å². The maximum atomic E-state index is 12.5. The van der Waals surface area contributed by atoms with Crippen molar-refractivity contribution < 1.29 is 14.3 Å². The maximum Gasteiger partial charge on any atom is 0.331 e. The molecule has 1 heterocycles. The van der Waals surface area contributed by atoms with Crippen molar-refractivity contribution in [2.75, 3.05) is 0 Å². The standard InChI is InChI=1S/C16H17NO3/c1-4-7-14(18)20-11(3)16(19)15-10(2)17-13-9-6-5-8-12(13)15/h4-9,11,17H,1-3H3/b7-4+/t11-/m0/s1. The smallest absolute Gasteiger partial charge is 0.331 e. The number of H-pyrrole nitrogens is 1. The second-order valence-electron chi connectivity index (χ2n) is 4.61. The molecular weight excluding hydrogens is 254 g/mol. The number of carbonyl (C=O) groups is 2. The van der Waals surface area contributed by atoms with E-state index in [4.69, 9.17) is 4.74 Å². The number of ether oxygens (including phenoxy) is 1. The molecule has 1 N–H and O–H groups in total. The Morgan fingerprint density at radius 1 is 1.30 bits per heavy atom. The van der Waals surface area contributed by atoms with Crippen molar-refractivity contribution in [3.8, 4) is 0 Å². The fraction of sp³-hybridized carbons (Fsp3) is 0.250. The summed E-state index contributed by atoms with van der Waals surface area (Å²) in [4.78, 5) is 27.0. The first-order chi connectivity index (χ1) is 9.54. The van der Waals surface area contributed by atoms with Gasteiger partial charge in [0.2, 0.25) is 5.78 Å².